The molecule has 1 atom stereocenters. The lowest BCUT2D eigenvalue weighted by molar-refractivity contribution is 0.589. The Morgan fingerprint density at radius 2 is 2.04 bits per heavy atom. The molecule has 1 saturated heterocycles. The van der Waals surface area contributed by atoms with E-state index in [0.717, 1.165) is 12.1 Å². The Bertz CT molecular complexity index is 858. The molecule has 10 heteroatoms. The highest BCUT2D eigenvalue weighted by Crippen LogP contribution is 2.25. The second-order valence-corrected chi connectivity index (χ2v) is 7.93. The predicted octanol–water partition coefficient (Wildman–Crippen LogP) is 1.91. The van der Waals surface area contributed by atoms with Crippen LogP contribution in [0, 0.1) is 11.6 Å². The van der Waals surface area contributed by atoms with Crippen LogP contribution >= 0.6 is 0 Å². The second-order valence-electron chi connectivity index (χ2n) is 5.70. The first-order valence-corrected chi connectivity index (χ1v) is 9.59. The molecule has 134 valence electrons. The Labute approximate surface area is 144 Å². The van der Waals surface area contributed by atoms with Gasteiger partial charge in [-0.1, -0.05) is 6.07 Å². The summed E-state index contributed by atoms with van der Waals surface area (Å²) in [4.78, 5) is 6.03. The van der Waals surface area contributed by atoms with Crippen molar-refractivity contribution in [1.29, 1.82) is 0 Å². The lowest BCUT2D eigenvalue weighted by atomic mass is 10.2. The number of benzene rings is 1. The normalized spacial score (nSPS) is 18.9. The van der Waals surface area contributed by atoms with Crippen molar-refractivity contribution in [2.75, 3.05) is 28.3 Å². The summed E-state index contributed by atoms with van der Waals surface area (Å²) in [6.45, 7) is 2.39. The van der Waals surface area contributed by atoms with Crippen molar-refractivity contribution in [1.82, 2.24) is 15.2 Å². The summed E-state index contributed by atoms with van der Waals surface area (Å²) >= 11 is 0. The molecule has 0 saturated carbocycles. The van der Waals surface area contributed by atoms with E-state index >= 15 is 0 Å². The number of hydrogen-bond donors (Lipinski definition) is 1. The third-order valence-electron chi connectivity index (χ3n) is 4.03. The number of para-hydroxylation sites is 1. The fraction of sp³-hybridized carbons (Fsp3) is 0.400. The molecule has 25 heavy (non-hydrogen) atoms. The fourth-order valence-corrected chi connectivity index (χ4v) is 4.57. The Hall–Kier alpha value is -2.36. The van der Waals surface area contributed by atoms with Gasteiger partial charge < -0.3 is 10.2 Å². The summed E-state index contributed by atoms with van der Waals surface area (Å²) < 4.78 is 50.9. The minimum absolute atomic E-state index is 0.0511. The average molecular weight is 369 g/mol. The van der Waals surface area contributed by atoms with Gasteiger partial charge in [-0.3, -0.25) is 0 Å². The highest BCUT2D eigenvalue weighted by Gasteiger charge is 2.32. The molecular formula is C15H17F2N5O2S. The highest BCUT2D eigenvalue weighted by molar-refractivity contribution is 7.91. The zero-order chi connectivity index (χ0) is 18.0. The molecule has 0 spiro atoms. The van der Waals surface area contributed by atoms with E-state index in [1.807, 2.05) is 11.8 Å². The summed E-state index contributed by atoms with van der Waals surface area (Å²) in [7, 11) is -3.05. The number of anilines is 3. The van der Waals surface area contributed by atoms with Gasteiger partial charge in [-0.25, -0.2) is 17.2 Å². The Morgan fingerprint density at radius 3 is 2.64 bits per heavy atom. The number of rotatable bonds is 5. The van der Waals surface area contributed by atoms with Crippen LogP contribution in [-0.4, -0.2) is 47.7 Å². The summed E-state index contributed by atoms with van der Waals surface area (Å²) in [6, 6.07) is 3.28. The molecule has 0 amide bonds. The van der Waals surface area contributed by atoms with Gasteiger partial charge in [-0.2, -0.15) is 10.1 Å². The van der Waals surface area contributed by atoms with Crippen molar-refractivity contribution in [3.8, 4) is 0 Å². The molecule has 1 aliphatic heterocycles. The molecule has 1 aromatic carbocycles. The topological polar surface area (TPSA) is 88.1 Å². The van der Waals surface area contributed by atoms with Gasteiger partial charge in [0.15, 0.2) is 15.7 Å². The largest absolute Gasteiger partial charge is 0.351 e. The van der Waals surface area contributed by atoms with Crippen LogP contribution < -0.4 is 10.2 Å². The number of sulfone groups is 1. The summed E-state index contributed by atoms with van der Waals surface area (Å²) in [5.41, 5.74) is -0.368. The number of nitrogens with zero attached hydrogens (tertiary/aromatic N) is 4. The van der Waals surface area contributed by atoms with Gasteiger partial charge >= 0.3 is 0 Å². The molecule has 0 aliphatic carbocycles. The van der Waals surface area contributed by atoms with Gasteiger partial charge in [0.1, 0.15) is 17.3 Å². The lowest BCUT2D eigenvalue weighted by Crippen LogP contribution is -2.37. The predicted molar refractivity (Wildman–Crippen MR) is 89.5 cm³/mol. The van der Waals surface area contributed by atoms with Crippen LogP contribution in [-0.2, 0) is 9.84 Å². The van der Waals surface area contributed by atoms with Gasteiger partial charge in [-0.15, -0.1) is 5.10 Å². The zero-order valence-electron chi connectivity index (χ0n) is 13.5. The highest BCUT2D eigenvalue weighted by atomic mass is 32.2. The first kappa shape index (κ1) is 17.5. The number of hydrogen-bond acceptors (Lipinski definition) is 7. The molecule has 7 nitrogen and oxygen atoms in total. The van der Waals surface area contributed by atoms with Crippen LogP contribution in [0.3, 0.4) is 0 Å². The SMILES string of the molecule is CCN(c1cnnc(Nc2c(F)cccc2F)n1)C1CCS(=O)(=O)C1. The van der Waals surface area contributed by atoms with Crippen molar-refractivity contribution in [2.24, 2.45) is 0 Å². The third kappa shape index (κ3) is 3.84. The van der Waals surface area contributed by atoms with E-state index in [1.54, 1.807) is 0 Å². The van der Waals surface area contributed by atoms with Crippen LogP contribution in [0.2, 0.25) is 0 Å². The van der Waals surface area contributed by atoms with Crippen molar-refractivity contribution in [3.05, 3.63) is 36.0 Å². The van der Waals surface area contributed by atoms with Crippen molar-refractivity contribution in [3.63, 3.8) is 0 Å². The number of aromatic nitrogens is 3. The molecule has 1 aliphatic rings. The molecule has 1 unspecified atom stereocenters. The molecule has 2 heterocycles. The molecule has 1 fully saturated rings. The van der Waals surface area contributed by atoms with Gasteiger partial charge in [0.25, 0.3) is 0 Å². The van der Waals surface area contributed by atoms with Crippen molar-refractivity contribution < 1.29 is 17.2 Å². The lowest BCUT2D eigenvalue weighted by Gasteiger charge is -2.27. The third-order valence-corrected chi connectivity index (χ3v) is 5.78. The molecule has 2 aromatic rings. The quantitative estimate of drug-likeness (QED) is 0.861. The zero-order valence-corrected chi connectivity index (χ0v) is 14.3. The number of nitrogens with one attached hydrogen (secondary N) is 1. The van der Waals surface area contributed by atoms with Crippen molar-refractivity contribution in [2.45, 2.75) is 19.4 Å². The first-order valence-electron chi connectivity index (χ1n) is 7.77. The van der Waals surface area contributed by atoms with Crippen LogP contribution in [0.15, 0.2) is 24.4 Å². The molecular weight excluding hydrogens is 352 g/mol. The summed E-state index contributed by atoms with van der Waals surface area (Å²) in [6.07, 6.45) is 1.90. The van der Waals surface area contributed by atoms with E-state index in [2.05, 4.69) is 20.5 Å². The maximum Gasteiger partial charge on any atom is 0.249 e. The van der Waals surface area contributed by atoms with Gasteiger partial charge in [0.2, 0.25) is 5.95 Å². The standard InChI is InChI=1S/C15H17F2N5O2S/c1-2-22(10-6-7-25(23,24)9-10)13-8-18-21-15(19-13)20-14-11(16)4-3-5-12(14)17/h3-5,8,10H,2,6-7,9H2,1H3,(H,19,20,21). The number of halogens is 2. The monoisotopic (exact) mass is 369 g/mol. The molecule has 1 aromatic heterocycles. The summed E-state index contributed by atoms with van der Waals surface area (Å²) in [5.74, 6) is -1.03. The van der Waals surface area contributed by atoms with Crippen LogP contribution in [0.1, 0.15) is 13.3 Å². The smallest absolute Gasteiger partial charge is 0.249 e. The Kier molecular flexibility index (Phi) is 4.80. The van der Waals surface area contributed by atoms with Crippen LogP contribution in [0.5, 0.6) is 0 Å². The van der Waals surface area contributed by atoms with Crippen molar-refractivity contribution >= 4 is 27.3 Å². The van der Waals surface area contributed by atoms with Gasteiger partial charge in [0.05, 0.1) is 17.7 Å². The molecule has 3 rings (SSSR count). The van der Waals surface area contributed by atoms with E-state index in [-0.39, 0.29) is 29.2 Å². The van der Waals surface area contributed by atoms with E-state index in [4.69, 9.17) is 0 Å². The van der Waals surface area contributed by atoms with E-state index in [9.17, 15) is 17.2 Å². The Balaban J connectivity index is 1.85. The second kappa shape index (κ2) is 6.87. The summed E-state index contributed by atoms with van der Waals surface area (Å²) in [5, 5.41) is 10.0. The molecule has 0 radical (unpaired) electrons. The van der Waals surface area contributed by atoms with Gasteiger partial charge in [-0.05, 0) is 25.5 Å². The maximum absolute atomic E-state index is 13.7. The van der Waals surface area contributed by atoms with E-state index in [0.29, 0.717) is 18.8 Å². The maximum atomic E-state index is 13.7. The first-order chi connectivity index (χ1) is 11.9. The fourth-order valence-electron chi connectivity index (χ4n) is 2.84. The van der Waals surface area contributed by atoms with Gasteiger partial charge in [0, 0.05) is 12.6 Å². The minimum atomic E-state index is -3.05. The van der Waals surface area contributed by atoms with E-state index in [1.165, 1.54) is 12.3 Å². The molecule has 0 bridgehead atoms. The Morgan fingerprint density at radius 1 is 1.32 bits per heavy atom. The van der Waals surface area contributed by atoms with Crippen LogP contribution in [0.4, 0.5) is 26.2 Å². The average Bonchev–Trinajstić information content (AvgIpc) is 2.92. The molecule has 1 N–H and O–H groups in total. The minimum Gasteiger partial charge on any atom is -0.351 e. The van der Waals surface area contributed by atoms with Crippen LogP contribution in [0.25, 0.3) is 0 Å². The van der Waals surface area contributed by atoms with E-state index < -0.39 is 21.5 Å².